The van der Waals surface area contributed by atoms with E-state index >= 15 is 0 Å². The molecule has 0 radical (unpaired) electrons. The molecule has 2 heterocycles. The molecule has 1 amide bonds. The summed E-state index contributed by atoms with van der Waals surface area (Å²) in [4.78, 5) is 41.5. The van der Waals surface area contributed by atoms with Gasteiger partial charge in [-0.1, -0.05) is 23.2 Å². The van der Waals surface area contributed by atoms with E-state index in [-0.39, 0.29) is 17.3 Å². The van der Waals surface area contributed by atoms with E-state index in [1.54, 1.807) is 31.3 Å². The van der Waals surface area contributed by atoms with Crippen LogP contribution in [-0.4, -0.2) is 25.8 Å². The van der Waals surface area contributed by atoms with E-state index in [4.69, 9.17) is 23.2 Å². The van der Waals surface area contributed by atoms with E-state index in [1.807, 2.05) is 0 Å². The van der Waals surface area contributed by atoms with Crippen LogP contribution in [0.25, 0.3) is 11.0 Å². The molecule has 1 N–H and O–H groups in total. The number of rotatable bonds is 4. The summed E-state index contributed by atoms with van der Waals surface area (Å²) in [5.41, 5.74) is -0.112. The molecule has 1 aromatic carbocycles. The van der Waals surface area contributed by atoms with Crippen molar-refractivity contribution in [2.75, 3.05) is 11.1 Å². The zero-order chi connectivity index (χ0) is 19.7. The smallest absolute Gasteiger partial charge is 0.325 e. The van der Waals surface area contributed by atoms with Gasteiger partial charge in [0.25, 0.3) is 5.56 Å². The van der Waals surface area contributed by atoms with Gasteiger partial charge in [-0.15, -0.1) is 11.8 Å². The first-order chi connectivity index (χ1) is 12.8. The lowest BCUT2D eigenvalue weighted by atomic mass is 10.3. The van der Waals surface area contributed by atoms with Crippen molar-refractivity contribution in [1.29, 1.82) is 0 Å². The number of anilines is 1. The maximum Gasteiger partial charge on any atom is 0.332 e. The number of nitrogens with one attached hydrogen (secondary N) is 1. The van der Waals surface area contributed by atoms with Gasteiger partial charge in [-0.2, -0.15) is 0 Å². The molecule has 3 aromatic rings. The zero-order valence-corrected chi connectivity index (χ0v) is 16.7. The summed E-state index contributed by atoms with van der Waals surface area (Å²) in [6.45, 7) is 0. The Kier molecular flexibility index (Phi) is 5.59. The second kappa shape index (κ2) is 7.75. The number of carbonyl (C=O) groups is 1. The molecule has 27 heavy (non-hydrogen) atoms. The summed E-state index contributed by atoms with van der Waals surface area (Å²) >= 11 is 13.0. The molecule has 0 fully saturated rings. The first kappa shape index (κ1) is 19.5. The van der Waals surface area contributed by atoms with E-state index in [2.05, 4.69) is 10.3 Å². The van der Waals surface area contributed by atoms with Crippen molar-refractivity contribution in [3.63, 3.8) is 0 Å². The van der Waals surface area contributed by atoms with Crippen molar-refractivity contribution < 1.29 is 4.79 Å². The number of thioether (sulfide) groups is 1. The first-order valence-electron chi connectivity index (χ1n) is 7.72. The Morgan fingerprint density at radius 2 is 1.89 bits per heavy atom. The highest BCUT2D eigenvalue weighted by atomic mass is 35.5. The Bertz CT molecular complexity index is 1170. The van der Waals surface area contributed by atoms with E-state index in [0.717, 1.165) is 4.57 Å². The Morgan fingerprint density at radius 1 is 1.15 bits per heavy atom. The van der Waals surface area contributed by atoms with Crippen LogP contribution in [0, 0.1) is 0 Å². The van der Waals surface area contributed by atoms with Crippen molar-refractivity contribution >= 4 is 57.6 Å². The van der Waals surface area contributed by atoms with Crippen LogP contribution in [0.3, 0.4) is 0 Å². The fourth-order valence-corrected chi connectivity index (χ4v) is 3.63. The van der Waals surface area contributed by atoms with E-state index in [9.17, 15) is 14.4 Å². The van der Waals surface area contributed by atoms with Crippen molar-refractivity contribution in [3.8, 4) is 0 Å². The quantitative estimate of drug-likeness (QED) is 0.650. The van der Waals surface area contributed by atoms with Crippen LogP contribution < -0.4 is 16.6 Å². The molecule has 0 unspecified atom stereocenters. The molecule has 0 spiro atoms. The molecule has 0 atom stereocenters. The van der Waals surface area contributed by atoms with Crippen molar-refractivity contribution in [3.05, 3.63) is 61.3 Å². The average molecular weight is 425 g/mol. The van der Waals surface area contributed by atoms with Crippen LogP contribution in [0.5, 0.6) is 0 Å². The highest BCUT2D eigenvalue weighted by Gasteiger charge is 2.15. The second-order valence-electron chi connectivity index (χ2n) is 5.68. The summed E-state index contributed by atoms with van der Waals surface area (Å²) in [5, 5.41) is 3.75. The average Bonchev–Trinajstić information content (AvgIpc) is 2.65. The predicted molar refractivity (Wildman–Crippen MR) is 108 cm³/mol. The third kappa shape index (κ3) is 3.87. The largest absolute Gasteiger partial charge is 0.332 e. The molecule has 3 rings (SSSR count). The van der Waals surface area contributed by atoms with Gasteiger partial charge in [0, 0.05) is 30.9 Å². The van der Waals surface area contributed by atoms with Gasteiger partial charge >= 0.3 is 5.69 Å². The summed E-state index contributed by atoms with van der Waals surface area (Å²) < 4.78 is 2.32. The standard InChI is InChI=1S/C17H14Cl2N4O3S/c1-22-15-14(16(25)23(2)17(22)26)12(5-6-20-15)27-8-13(24)21-9-3-4-10(18)11(19)7-9/h3-7H,8H2,1-2H3,(H,21,24). The molecule has 0 aliphatic carbocycles. The van der Waals surface area contributed by atoms with Gasteiger partial charge in [-0.25, -0.2) is 9.78 Å². The number of pyridine rings is 1. The Hall–Kier alpha value is -2.29. The van der Waals surface area contributed by atoms with Crippen LogP contribution in [0.15, 0.2) is 44.9 Å². The maximum absolute atomic E-state index is 12.5. The van der Waals surface area contributed by atoms with Gasteiger partial charge in [0.05, 0.1) is 21.2 Å². The van der Waals surface area contributed by atoms with Crippen molar-refractivity contribution in [2.45, 2.75) is 4.90 Å². The molecule has 0 aliphatic heterocycles. The van der Waals surface area contributed by atoms with Gasteiger partial charge < -0.3 is 5.32 Å². The number of aryl methyl sites for hydroxylation is 1. The summed E-state index contributed by atoms with van der Waals surface area (Å²) in [6, 6.07) is 6.43. The normalized spacial score (nSPS) is 11.0. The topological polar surface area (TPSA) is 86.0 Å². The Morgan fingerprint density at radius 3 is 2.59 bits per heavy atom. The van der Waals surface area contributed by atoms with Crippen LogP contribution in [-0.2, 0) is 18.9 Å². The number of carbonyl (C=O) groups excluding carboxylic acids is 1. The summed E-state index contributed by atoms with van der Waals surface area (Å²) in [7, 11) is 2.95. The van der Waals surface area contributed by atoms with Gasteiger partial charge in [0.1, 0.15) is 5.65 Å². The van der Waals surface area contributed by atoms with Crippen LogP contribution in [0.2, 0.25) is 10.0 Å². The minimum absolute atomic E-state index is 0.0609. The lowest BCUT2D eigenvalue weighted by molar-refractivity contribution is -0.113. The fraction of sp³-hybridized carbons (Fsp3) is 0.176. The SMILES string of the molecule is Cn1c(=O)c2c(SCC(=O)Nc3ccc(Cl)c(Cl)c3)ccnc2n(C)c1=O. The number of fused-ring (bicyclic) bond motifs is 1. The molecule has 0 saturated carbocycles. The molecular weight excluding hydrogens is 411 g/mol. The lowest BCUT2D eigenvalue weighted by Crippen LogP contribution is -2.37. The van der Waals surface area contributed by atoms with Crippen molar-refractivity contribution in [1.82, 2.24) is 14.1 Å². The van der Waals surface area contributed by atoms with E-state index < -0.39 is 11.2 Å². The molecule has 0 saturated heterocycles. The van der Waals surface area contributed by atoms with Crippen LogP contribution in [0.1, 0.15) is 0 Å². The van der Waals surface area contributed by atoms with Gasteiger partial charge in [-0.3, -0.25) is 18.7 Å². The zero-order valence-electron chi connectivity index (χ0n) is 14.3. The highest BCUT2D eigenvalue weighted by molar-refractivity contribution is 8.00. The van der Waals surface area contributed by atoms with Crippen LogP contribution in [0.4, 0.5) is 5.69 Å². The number of nitrogens with zero attached hydrogens (tertiary/aromatic N) is 3. The molecule has 0 aliphatic rings. The maximum atomic E-state index is 12.5. The molecule has 7 nitrogen and oxygen atoms in total. The molecule has 2 aromatic heterocycles. The summed E-state index contributed by atoms with van der Waals surface area (Å²) in [6.07, 6.45) is 1.50. The molecule has 10 heteroatoms. The number of benzene rings is 1. The lowest BCUT2D eigenvalue weighted by Gasteiger charge is -2.10. The Balaban J connectivity index is 1.85. The number of amides is 1. The van der Waals surface area contributed by atoms with Crippen molar-refractivity contribution in [2.24, 2.45) is 14.1 Å². The number of halogens is 2. The van der Waals surface area contributed by atoms with E-state index in [1.165, 1.54) is 29.6 Å². The molecular formula is C17H14Cl2N4O3S. The van der Waals surface area contributed by atoms with Crippen LogP contribution >= 0.6 is 35.0 Å². The fourth-order valence-electron chi connectivity index (χ4n) is 2.49. The Labute approximate surface area is 167 Å². The van der Waals surface area contributed by atoms with Gasteiger partial charge in [0.15, 0.2) is 0 Å². The molecule has 140 valence electrons. The minimum atomic E-state index is -0.459. The highest BCUT2D eigenvalue weighted by Crippen LogP contribution is 2.26. The van der Waals surface area contributed by atoms with Gasteiger partial charge in [-0.05, 0) is 24.3 Å². The summed E-state index contributed by atoms with van der Waals surface area (Å²) in [5.74, 6) is -0.212. The first-order valence-corrected chi connectivity index (χ1v) is 9.46. The molecule has 0 bridgehead atoms. The number of aromatic nitrogens is 3. The third-order valence-electron chi connectivity index (χ3n) is 3.86. The monoisotopic (exact) mass is 424 g/mol. The second-order valence-corrected chi connectivity index (χ2v) is 7.51. The third-order valence-corrected chi connectivity index (χ3v) is 5.66. The minimum Gasteiger partial charge on any atom is -0.325 e. The van der Waals surface area contributed by atoms with Gasteiger partial charge in [0.2, 0.25) is 5.91 Å². The number of hydrogen-bond donors (Lipinski definition) is 1. The predicted octanol–water partition coefficient (Wildman–Crippen LogP) is 2.67. The number of hydrogen-bond acceptors (Lipinski definition) is 5. The van der Waals surface area contributed by atoms with E-state index in [0.29, 0.717) is 26.0 Å².